The molecule has 0 aliphatic heterocycles. The summed E-state index contributed by atoms with van der Waals surface area (Å²) in [6, 6.07) is -0.893. The third kappa shape index (κ3) is 8.67. The van der Waals surface area contributed by atoms with E-state index < -0.39 is 35.3 Å². The zero-order chi connectivity index (χ0) is 16.8. The van der Waals surface area contributed by atoms with E-state index in [0.29, 0.717) is 6.42 Å². The number of hydrogen-bond acceptors (Lipinski definition) is 4. The number of rotatable bonds is 6. The van der Waals surface area contributed by atoms with Gasteiger partial charge in [-0.2, -0.15) is 0 Å². The summed E-state index contributed by atoms with van der Waals surface area (Å²) in [5.41, 5.74) is -1.13. The molecule has 2 amide bonds. The van der Waals surface area contributed by atoms with Crippen LogP contribution in [-0.4, -0.2) is 34.7 Å². The predicted octanol–water partition coefficient (Wildman–Crippen LogP) is 1.64. The molecule has 0 rings (SSSR count). The molecule has 7 heteroatoms. The Morgan fingerprint density at radius 3 is 2.14 bits per heavy atom. The zero-order valence-corrected chi connectivity index (χ0v) is 13.1. The molecule has 0 spiro atoms. The van der Waals surface area contributed by atoms with Crippen LogP contribution in [0.1, 0.15) is 41.0 Å². The molecule has 0 radical (unpaired) electrons. The number of carbonyl (C=O) groups is 3. The molecule has 0 heterocycles. The number of carboxylic acids is 1. The number of amides is 2. The number of ether oxygens (including phenoxy) is 1. The van der Waals surface area contributed by atoms with Gasteiger partial charge in [0.1, 0.15) is 17.3 Å². The van der Waals surface area contributed by atoms with Crippen molar-refractivity contribution in [3.05, 3.63) is 12.3 Å². The zero-order valence-electron chi connectivity index (χ0n) is 13.1. The maximum absolute atomic E-state index is 12.0. The van der Waals surface area contributed by atoms with Crippen molar-refractivity contribution in [3.63, 3.8) is 0 Å². The molecule has 21 heavy (non-hydrogen) atoms. The van der Waals surface area contributed by atoms with Gasteiger partial charge in [0, 0.05) is 0 Å². The van der Waals surface area contributed by atoms with Crippen molar-refractivity contribution < 1.29 is 24.2 Å². The average molecular weight is 300 g/mol. The van der Waals surface area contributed by atoms with Crippen LogP contribution in [0, 0.1) is 5.92 Å². The van der Waals surface area contributed by atoms with Crippen molar-refractivity contribution in [3.8, 4) is 0 Å². The molecule has 120 valence electrons. The Kier molecular flexibility index (Phi) is 6.91. The second kappa shape index (κ2) is 7.66. The third-order valence-corrected chi connectivity index (χ3v) is 2.25. The summed E-state index contributed by atoms with van der Waals surface area (Å²) in [4.78, 5) is 34.4. The lowest BCUT2D eigenvalue weighted by Gasteiger charge is -2.24. The van der Waals surface area contributed by atoms with Gasteiger partial charge in [-0.05, 0) is 33.1 Å². The SMILES string of the molecule is C=C(NC(=O)[C@H](CC(C)C)NC(=O)OC(C)(C)C)C(=O)O. The van der Waals surface area contributed by atoms with Crippen molar-refractivity contribution in [1.29, 1.82) is 0 Å². The van der Waals surface area contributed by atoms with Gasteiger partial charge >= 0.3 is 12.1 Å². The first-order valence-corrected chi connectivity index (χ1v) is 6.65. The van der Waals surface area contributed by atoms with E-state index in [9.17, 15) is 14.4 Å². The van der Waals surface area contributed by atoms with Crippen molar-refractivity contribution in [2.45, 2.75) is 52.7 Å². The fourth-order valence-corrected chi connectivity index (χ4v) is 1.44. The van der Waals surface area contributed by atoms with E-state index in [-0.39, 0.29) is 5.92 Å². The molecular weight excluding hydrogens is 276 g/mol. The number of hydrogen-bond donors (Lipinski definition) is 3. The van der Waals surface area contributed by atoms with Gasteiger partial charge in [0.15, 0.2) is 0 Å². The van der Waals surface area contributed by atoms with Crippen LogP contribution >= 0.6 is 0 Å². The van der Waals surface area contributed by atoms with E-state index in [0.717, 1.165) is 0 Å². The van der Waals surface area contributed by atoms with Crippen LogP contribution in [0.3, 0.4) is 0 Å². The highest BCUT2D eigenvalue weighted by Gasteiger charge is 2.26. The van der Waals surface area contributed by atoms with Gasteiger partial charge in [0.2, 0.25) is 5.91 Å². The van der Waals surface area contributed by atoms with Crippen LogP contribution in [0.25, 0.3) is 0 Å². The van der Waals surface area contributed by atoms with Crippen molar-refractivity contribution in [2.75, 3.05) is 0 Å². The Balaban J connectivity index is 4.79. The van der Waals surface area contributed by atoms with Crippen LogP contribution in [-0.2, 0) is 14.3 Å². The summed E-state index contributed by atoms with van der Waals surface area (Å²) in [7, 11) is 0. The van der Waals surface area contributed by atoms with E-state index >= 15 is 0 Å². The molecule has 0 aromatic carbocycles. The highest BCUT2D eigenvalue weighted by molar-refractivity contribution is 5.94. The number of alkyl carbamates (subject to hydrolysis) is 1. The molecule has 0 saturated heterocycles. The third-order valence-electron chi connectivity index (χ3n) is 2.25. The first kappa shape index (κ1) is 18.9. The van der Waals surface area contributed by atoms with Crippen LogP contribution in [0.2, 0.25) is 0 Å². The Bertz CT molecular complexity index is 424. The topological polar surface area (TPSA) is 105 Å². The maximum Gasteiger partial charge on any atom is 0.408 e. The molecule has 0 aliphatic carbocycles. The van der Waals surface area contributed by atoms with Gasteiger partial charge in [0.05, 0.1) is 0 Å². The molecule has 0 fully saturated rings. The number of carboxylic acid groups (broad SMARTS) is 1. The van der Waals surface area contributed by atoms with Gasteiger partial charge < -0.3 is 20.5 Å². The summed E-state index contributed by atoms with van der Waals surface area (Å²) in [5, 5.41) is 13.3. The predicted molar refractivity (Wildman–Crippen MR) is 77.5 cm³/mol. The lowest BCUT2D eigenvalue weighted by molar-refractivity contribution is -0.135. The van der Waals surface area contributed by atoms with Crippen LogP contribution in [0.15, 0.2) is 12.3 Å². The molecule has 0 aliphatic rings. The Hall–Kier alpha value is -2.05. The molecule has 0 aromatic rings. The minimum absolute atomic E-state index is 0.119. The van der Waals surface area contributed by atoms with E-state index in [4.69, 9.17) is 9.84 Å². The second-order valence-electron chi connectivity index (χ2n) is 6.10. The summed E-state index contributed by atoms with van der Waals surface area (Å²) >= 11 is 0. The first-order chi connectivity index (χ1) is 9.42. The Morgan fingerprint density at radius 2 is 1.76 bits per heavy atom. The van der Waals surface area contributed by atoms with Gasteiger partial charge in [-0.15, -0.1) is 0 Å². The van der Waals surface area contributed by atoms with Crippen molar-refractivity contribution in [2.24, 2.45) is 5.92 Å². The molecule has 0 unspecified atom stereocenters. The molecule has 0 bridgehead atoms. The van der Waals surface area contributed by atoms with Gasteiger partial charge in [-0.25, -0.2) is 9.59 Å². The monoisotopic (exact) mass is 300 g/mol. The summed E-state index contributed by atoms with van der Waals surface area (Å²) in [5.74, 6) is -1.85. The van der Waals surface area contributed by atoms with Crippen molar-refractivity contribution >= 4 is 18.0 Å². The number of aliphatic carboxylic acids is 1. The molecule has 1 atom stereocenters. The van der Waals surface area contributed by atoms with Crippen LogP contribution in [0.4, 0.5) is 4.79 Å². The lowest BCUT2D eigenvalue weighted by Crippen LogP contribution is -2.49. The Labute approximate surface area is 124 Å². The summed E-state index contributed by atoms with van der Waals surface area (Å²) in [6.07, 6.45) is -0.387. The number of carbonyl (C=O) groups excluding carboxylic acids is 2. The van der Waals surface area contributed by atoms with Crippen LogP contribution < -0.4 is 10.6 Å². The Morgan fingerprint density at radius 1 is 1.24 bits per heavy atom. The van der Waals surface area contributed by atoms with E-state index in [1.54, 1.807) is 20.8 Å². The lowest BCUT2D eigenvalue weighted by atomic mass is 10.0. The maximum atomic E-state index is 12.0. The summed E-state index contributed by atoms with van der Waals surface area (Å²) < 4.78 is 5.08. The fourth-order valence-electron chi connectivity index (χ4n) is 1.44. The highest BCUT2D eigenvalue weighted by Crippen LogP contribution is 2.09. The number of nitrogens with one attached hydrogen (secondary N) is 2. The normalized spacial score (nSPS) is 12.5. The minimum Gasteiger partial charge on any atom is -0.477 e. The molecule has 0 aromatic heterocycles. The van der Waals surface area contributed by atoms with Gasteiger partial charge in [-0.3, -0.25) is 4.79 Å². The smallest absolute Gasteiger partial charge is 0.408 e. The van der Waals surface area contributed by atoms with E-state index in [2.05, 4.69) is 17.2 Å². The molecule has 3 N–H and O–H groups in total. The highest BCUT2D eigenvalue weighted by atomic mass is 16.6. The molecule has 0 saturated carbocycles. The standard InChI is InChI=1S/C14H24N2O5/c1-8(2)7-10(11(17)15-9(3)12(18)19)16-13(20)21-14(4,5)6/h8,10H,3,7H2,1-2,4-6H3,(H,15,17)(H,16,20)(H,18,19)/t10-/m0/s1. The quantitative estimate of drug-likeness (QED) is 0.647. The van der Waals surface area contributed by atoms with E-state index in [1.165, 1.54) is 0 Å². The average Bonchev–Trinajstić information content (AvgIpc) is 2.24. The minimum atomic E-state index is -1.33. The van der Waals surface area contributed by atoms with Gasteiger partial charge in [0.25, 0.3) is 0 Å². The largest absolute Gasteiger partial charge is 0.477 e. The van der Waals surface area contributed by atoms with Crippen molar-refractivity contribution in [1.82, 2.24) is 10.6 Å². The molecular formula is C14H24N2O5. The molecule has 7 nitrogen and oxygen atoms in total. The first-order valence-electron chi connectivity index (χ1n) is 6.65. The van der Waals surface area contributed by atoms with Gasteiger partial charge in [-0.1, -0.05) is 20.4 Å². The fraction of sp³-hybridized carbons (Fsp3) is 0.643. The van der Waals surface area contributed by atoms with Crippen LogP contribution in [0.5, 0.6) is 0 Å². The second-order valence-corrected chi connectivity index (χ2v) is 6.10. The summed E-state index contributed by atoms with van der Waals surface area (Å²) in [6.45, 7) is 12.1. The van der Waals surface area contributed by atoms with E-state index in [1.807, 2.05) is 13.8 Å².